The predicted molar refractivity (Wildman–Crippen MR) is 85.9 cm³/mol. The maximum atomic E-state index is 12.0. The molecule has 1 aromatic carbocycles. The second-order valence-corrected chi connectivity index (χ2v) is 6.14. The number of carbonyl (C=O) groups is 1. The second kappa shape index (κ2) is 6.78. The van der Waals surface area contributed by atoms with Gasteiger partial charge >= 0.3 is 0 Å². The molecule has 3 rings (SSSR count). The molecule has 5 nitrogen and oxygen atoms in total. The molecule has 1 aliphatic heterocycles. The van der Waals surface area contributed by atoms with E-state index in [0.717, 1.165) is 29.4 Å². The van der Waals surface area contributed by atoms with Crippen molar-refractivity contribution in [3.8, 4) is 5.69 Å². The Labute approximate surface area is 128 Å². The molecule has 1 saturated heterocycles. The summed E-state index contributed by atoms with van der Waals surface area (Å²) < 4.78 is 1.75. The number of nitrogens with zero attached hydrogens (tertiary/aromatic N) is 2. The smallest absolute Gasteiger partial charge is 0.226 e. The van der Waals surface area contributed by atoms with Crippen LogP contribution < -0.4 is 10.6 Å². The molecule has 6 heteroatoms. The van der Waals surface area contributed by atoms with Crippen LogP contribution in [0.5, 0.6) is 0 Å². The van der Waals surface area contributed by atoms with Crippen molar-refractivity contribution in [2.24, 2.45) is 0 Å². The van der Waals surface area contributed by atoms with Gasteiger partial charge in [0.15, 0.2) is 0 Å². The molecule has 0 radical (unpaired) electrons. The predicted octanol–water partition coefficient (Wildman–Crippen LogP) is 1.91. The first-order valence-electron chi connectivity index (χ1n) is 7.02. The van der Waals surface area contributed by atoms with Crippen LogP contribution in [0, 0.1) is 0 Å². The topological polar surface area (TPSA) is 59.0 Å². The van der Waals surface area contributed by atoms with Gasteiger partial charge in [0.2, 0.25) is 5.91 Å². The lowest BCUT2D eigenvalue weighted by Crippen LogP contribution is -2.39. The largest absolute Gasteiger partial charge is 0.323 e. The monoisotopic (exact) mass is 302 g/mol. The third-order valence-electron chi connectivity index (χ3n) is 3.32. The fourth-order valence-corrected chi connectivity index (χ4v) is 3.25. The SMILES string of the molecule is O=C(CC1CSCCN1)Nc1cnn(-c2ccccc2)c1. The third-order valence-corrected chi connectivity index (χ3v) is 4.45. The number of benzene rings is 1. The van der Waals surface area contributed by atoms with Crippen molar-refractivity contribution in [1.82, 2.24) is 15.1 Å². The summed E-state index contributed by atoms with van der Waals surface area (Å²) in [5, 5.41) is 10.5. The maximum Gasteiger partial charge on any atom is 0.226 e. The van der Waals surface area contributed by atoms with Gasteiger partial charge in [-0.3, -0.25) is 4.79 Å². The molecule has 0 saturated carbocycles. The Kier molecular flexibility index (Phi) is 4.57. The van der Waals surface area contributed by atoms with E-state index in [1.54, 1.807) is 10.9 Å². The van der Waals surface area contributed by atoms with Crippen LogP contribution in [0.25, 0.3) is 5.69 Å². The molecule has 1 unspecified atom stereocenters. The molecular formula is C15H18N4OS. The van der Waals surface area contributed by atoms with Crippen LogP contribution in [-0.4, -0.2) is 39.8 Å². The van der Waals surface area contributed by atoms with Gasteiger partial charge in [0.25, 0.3) is 0 Å². The fraction of sp³-hybridized carbons (Fsp3) is 0.333. The molecule has 21 heavy (non-hydrogen) atoms. The molecule has 0 spiro atoms. The van der Waals surface area contributed by atoms with Crippen LogP contribution in [0.4, 0.5) is 5.69 Å². The van der Waals surface area contributed by atoms with Crippen LogP contribution >= 0.6 is 11.8 Å². The van der Waals surface area contributed by atoms with E-state index in [1.807, 2.05) is 48.3 Å². The number of amides is 1. The molecule has 1 atom stereocenters. The first-order valence-corrected chi connectivity index (χ1v) is 8.18. The van der Waals surface area contributed by atoms with Crippen LogP contribution in [0.3, 0.4) is 0 Å². The third kappa shape index (κ3) is 3.86. The molecule has 1 fully saturated rings. The van der Waals surface area contributed by atoms with Gasteiger partial charge in [0, 0.05) is 30.5 Å². The number of hydrogen-bond acceptors (Lipinski definition) is 4. The van der Waals surface area contributed by atoms with E-state index in [4.69, 9.17) is 0 Å². The lowest BCUT2D eigenvalue weighted by atomic mass is 10.2. The van der Waals surface area contributed by atoms with E-state index in [1.165, 1.54) is 0 Å². The van der Waals surface area contributed by atoms with Crippen molar-refractivity contribution in [1.29, 1.82) is 0 Å². The lowest BCUT2D eigenvalue weighted by molar-refractivity contribution is -0.116. The number of carbonyl (C=O) groups excluding carboxylic acids is 1. The van der Waals surface area contributed by atoms with E-state index < -0.39 is 0 Å². The summed E-state index contributed by atoms with van der Waals surface area (Å²) in [5.74, 6) is 2.15. The van der Waals surface area contributed by atoms with Crippen molar-refractivity contribution in [2.75, 3.05) is 23.4 Å². The zero-order valence-electron chi connectivity index (χ0n) is 11.7. The standard InChI is InChI=1S/C15H18N4OS/c20-15(8-12-11-21-7-6-16-12)18-13-9-17-19(10-13)14-4-2-1-3-5-14/h1-5,9-10,12,16H,6-8,11H2,(H,18,20). The van der Waals surface area contributed by atoms with Gasteiger partial charge in [0.1, 0.15) is 0 Å². The number of nitrogens with one attached hydrogen (secondary N) is 2. The van der Waals surface area contributed by atoms with Gasteiger partial charge in [-0.1, -0.05) is 18.2 Å². The molecule has 1 aliphatic rings. The molecule has 110 valence electrons. The highest BCUT2D eigenvalue weighted by Crippen LogP contribution is 2.14. The van der Waals surface area contributed by atoms with Crippen LogP contribution in [0.2, 0.25) is 0 Å². The molecule has 1 amide bonds. The minimum Gasteiger partial charge on any atom is -0.323 e. The Morgan fingerprint density at radius 2 is 2.29 bits per heavy atom. The van der Waals surface area contributed by atoms with Crippen molar-refractivity contribution in [3.05, 3.63) is 42.7 Å². The average molecular weight is 302 g/mol. The molecular weight excluding hydrogens is 284 g/mol. The van der Waals surface area contributed by atoms with E-state index in [0.29, 0.717) is 6.42 Å². The summed E-state index contributed by atoms with van der Waals surface area (Å²) in [6, 6.07) is 10.1. The zero-order chi connectivity index (χ0) is 14.5. The van der Waals surface area contributed by atoms with Gasteiger partial charge in [-0.15, -0.1) is 0 Å². The molecule has 2 N–H and O–H groups in total. The fourth-order valence-electron chi connectivity index (χ4n) is 2.30. The van der Waals surface area contributed by atoms with Gasteiger partial charge in [-0.2, -0.15) is 16.9 Å². The van der Waals surface area contributed by atoms with Crippen molar-refractivity contribution in [3.63, 3.8) is 0 Å². The first-order chi connectivity index (χ1) is 10.3. The normalized spacial score (nSPS) is 18.4. The van der Waals surface area contributed by atoms with Gasteiger partial charge in [-0.05, 0) is 12.1 Å². The molecule has 2 heterocycles. The highest BCUT2D eigenvalue weighted by Gasteiger charge is 2.17. The Morgan fingerprint density at radius 1 is 1.43 bits per heavy atom. The van der Waals surface area contributed by atoms with Crippen molar-refractivity contribution in [2.45, 2.75) is 12.5 Å². The van der Waals surface area contributed by atoms with E-state index in [-0.39, 0.29) is 11.9 Å². The van der Waals surface area contributed by atoms with E-state index in [2.05, 4.69) is 15.7 Å². The summed E-state index contributed by atoms with van der Waals surface area (Å²) in [7, 11) is 0. The Bertz CT molecular complexity index is 593. The Hall–Kier alpha value is -1.79. The number of anilines is 1. The van der Waals surface area contributed by atoms with E-state index in [9.17, 15) is 4.79 Å². The van der Waals surface area contributed by atoms with Gasteiger partial charge in [0.05, 0.1) is 23.8 Å². The quantitative estimate of drug-likeness (QED) is 0.906. The van der Waals surface area contributed by atoms with Crippen molar-refractivity contribution < 1.29 is 4.79 Å². The number of hydrogen-bond donors (Lipinski definition) is 2. The Balaban J connectivity index is 1.58. The average Bonchev–Trinajstić information content (AvgIpc) is 2.97. The van der Waals surface area contributed by atoms with Crippen LogP contribution in [0.1, 0.15) is 6.42 Å². The second-order valence-electron chi connectivity index (χ2n) is 4.99. The molecule has 2 aromatic rings. The van der Waals surface area contributed by atoms with E-state index >= 15 is 0 Å². The highest BCUT2D eigenvalue weighted by molar-refractivity contribution is 7.99. The summed E-state index contributed by atoms with van der Waals surface area (Å²) in [6.07, 6.45) is 4.01. The van der Waals surface area contributed by atoms with Gasteiger partial charge in [-0.25, -0.2) is 4.68 Å². The minimum atomic E-state index is 0.0302. The molecule has 0 aliphatic carbocycles. The highest BCUT2D eigenvalue weighted by atomic mass is 32.2. The maximum absolute atomic E-state index is 12.0. The summed E-state index contributed by atoms with van der Waals surface area (Å²) in [5.41, 5.74) is 1.70. The Morgan fingerprint density at radius 3 is 3.05 bits per heavy atom. The number of aromatic nitrogens is 2. The minimum absolute atomic E-state index is 0.0302. The lowest BCUT2D eigenvalue weighted by Gasteiger charge is -2.22. The van der Waals surface area contributed by atoms with Crippen molar-refractivity contribution >= 4 is 23.4 Å². The summed E-state index contributed by atoms with van der Waals surface area (Å²) in [4.78, 5) is 12.0. The number of para-hydroxylation sites is 1. The first kappa shape index (κ1) is 14.2. The molecule has 1 aromatic heterocycles. The number of thioether (sulfide) groups is 1. The molecule has 0 bridgehead atoms. The summed E-state index contributed by atoms with van der Waals surface area (Å²) in [6.45, 7) is 0.981. The van der Waals surface area contributed by atoms with Gasteiger partial charge < -0.3 is 10.6 Å². The summed E-state index contributed by atoms with van der Waals surface area (Å²) >= 11 is 1.89. The zero-order valence-corrected chi connectivity index (χ0v) is 12.5. The number of rotatable bonds is 4. The van der Waals surface area contributed by atoms with Crippen LogP contribution in [0.15, 0.2) is 42.7 Å². The van der Waals surface area contributed by atoms with Crippen LogP contribution in [-0.2, 0) is 4.79 Å².